The van der Waals surface area contributed by atoms with Crippen LogP contribution in [0.4, 0.5) is 0 Å². The third-order valence-electron chi connectivity index (χ3n) is 15.5. The van der Waals surface area contributed by atoms with Crippen molar-refractivity contribution in [2.75, 3.05) is 46.8 Å². The Kier molecular flexibility index (Phi) is 25.3. The minimum atomic E-state index is -3.03. The largest absolute Gasteiger partial charge is 0.508 e. The van der Waals surface area contributed by atoms with Crippen LogP contribution in [-0.2, 0) is 85.5 Å². The van der Waals surface area contributed by atoms with Crippen molar-refractivity contribution in [3.8, 4) is 17.2 Å². The number of phenolic OH excluding ortho intramolecular Hbond substituents is 2. The first-order chi connectivity index (χ1) is 44.8. The zero-order chi connectivity index (χ0) is 68.3. The molecule has 0 unspecified atom stereocenters. The summed E-state index contributed by atoms with van der Waals surface area (Å²) in [4.78, 5) is 67.5. The summed E-state index contributed by atoms with van der Waals surface area (Å²) < 4.78 is 89.0. The first kappa shape index (κ1) is 72.9. The molecule has 94 heavy (non-hydrogen) atoms. The maximum Gasteiger partial charge on any atom is 0.338 e. The van der Waals surface area contributed by atoms with E-state index in [9.17, 15) is 95.5 Å². The minimum absolute atomic E-state index is 0.00402. The molecule has 8 rings (SSSR count). The molecule has 24 atom stereocenters. The molecule has 5 aliphatic rings. The summed E-state index contributed by atoms with van der Waals surface area (Å²) in [5.74, 6) is -9.17. The van der Waals surface area contributed by atoms with Crippen LogP contribution in [0.15, 0.2) is 84.9 Å². The van der Waals surface area contributed by atoms with Gasteiger partial charge in [0.05, 0.1) is 32.5 Å². The highest BCUT2D eigenvalue weighted by atomic mass is 16.8. The molecule has 5 heterocycles. The van der Waals surface area contributed by atoms with Crippen molar-refractivity contribution >= 4 is 42.0 Å². The Morgan fingerprint density at radius 2 is 1.02 bits per heavy atom. The smallest absolute Gasteiger partial charge is 0.338 e. The number of carbonyl (C=O) groups excluding carboxylic acids is 5. The predicted octanol–water partition coefficient (Wildman–Crippen LogP) is -4.97. The average Bonchev–Trinajstić information content (AvgIpc) is 1.56. The molecule has 0 saturated carbocycles. The summed E-state index contributed by atoms with van der Waals surface area (Å²) >= 11 is 0. The maximum atomic E-state index is 14.3. The molecule has 5 aliphatic heterocycles. The van der Waals surface area contributed by atoms with Gasteiger partial charge in [-0.05, 0) is 59.7 Å². The van der Waals surface area contributed by atoms with Gasteiger partial charge in [-0.1, -0.05) is 36.4 Å². The van der Waals surface area contributed by atoms with Gasteiger partial charge in [-0.15, -0.1) is 0 Å². The van der Waals surface area contributed by atoms with Gasteiger partial charge in [-0.3, -0.25) is 9.59 Å². The number of ether oxygens (including phenoxy) is 15. The fraction of sp³-hybridized carbons (Fsp3) is 0.550. The molecule has 0 radical (unpaired) electrons. The van der Waals surface area contributed by atoms with E-state index in [1.807, 2.05) is 0 Å². The lowest BCUT2D eigenvalue weighted by molar-refractivity contribution is -0.423. The van der Waals surface area contributed by atoms with Crippen molar-refractivity contribution in [2.24, 2.45) is 0 Å². The van der Waals surface area contributed by atoms with Crippen LogP contribution in [0.5, 0.6) is 17.2 Å². The Bertz CT molecular complexity index is 3060. The normalized spacial score (nSPS) is 36.0. The Morgan fingerprint density at radius 3 is 1.61 bits per heavy atom. The molecule has 5 fully saturated rings. The molecule has 0 aliphatic carbocycles. The second kappa shape index (κ2) is 32.7. The van der Waals surface area contributed by atoms with Crippen molar-refractivity contribution in [3.63, 3.8) is 0 Å². The van der Waals surface area contributed by atoms with Crippen LogP contribution < -0.4 is 4.74 Å². The lowest BCUT2D eigenvalue weighted by Gasteiger charge is -2.51. The number of methoxy groups -OCH3 is 1. The highest BCUT2D eigenvalue weighted by molar-refractivity contribution is 5.90. The van der Waals surface area contributed by atoms with E-state index >= 15 is 0 Å². The zero-order valence-corrected chi connectivity index (χ0v) is 50.2. The minimum Gasteiger partial charge on any atom is -0.508 e. The Labute approximate surface area is 533 Å². The van der Waals surface area contributed by atoms with Gasteiger partial charge in [0, 0.05) is 26.0 Å². The van der Waals surface area contributed by atoms with Gasteiger partial charge < -0.3 is 143 Å². The van der Waals surface area contributed by atoms with Crippen LogP contribution in [0.2, 0.25) is 0 Å². The monoisotopic (exact) mass is 1340 g/mol. The third-order valence-corrected chi connectivity index (χ3v) is 15.5. The van der Waals surface area contributed by atoms with E-state index in [1.165, 1.54) is 86.0 Å². The van der Waals surface area contributed by atoms with Gasteiger partial charge in [0.15, 0.2) is 48.9 Å². The van der Waals surface area contributed by atoms with Crippen LogP contribution in [0.3, 0.4) is 0 Å². The standard InChI is InChI=1S/C60H74O34/c1-26(64)81-23-37-43(72)51(89-56-47(76)45(74)41(70)34(20-61)84-56)49(78)58(86-37)90-52-50(88-40(69)18-12-28-9-14-31(66)15-10-28)38(24-82-27(2)65)87-59(53(52)91-57-48(77)46(75)42(71)35(21-62)85-57)94-60(25-83-39(68)17-13-29-11-16-32(67)33(19-29)80-3)54(44(73)36(22-63)93-60)92-55(79)30-7-5-4-6-8-30/h4-19,34-38,41-54,56-59,61-63,66-67,70-78H,20-25H2,1-3H3/b17-13+,18-12-/t34-,35-,36-,37-,38-,41-,42-,43-,44-,45+,46+,47-,48-,49-,50-,51+,52+,53-,54+,56+,57+,58+,59-,60+/m1/s1. The fourth-order valence-electron chi connectivity index (χ4n) is 10.5. The lowest BCUT2D eigenvalue weighted by atomic mass is 9.95. The number of hydrogen-bond donors (Lipinski definition) is 14. The van der Waals surface area contributed by atoms with Crippen LogP contribution in [-0.4, -0.2) is 295 Å². The Morgan fingerprint density at radius 1 is 0.500 bits per heavy atom. The predicted molar refractivity (Wildman–Crippen MR) is 304 cm³/mol. The summed E-state index contributed by atoms with van der Waals surface area (Å²) in [5.41, 5.74) is 0.405. The van der Waals surface area contributed by atoms with Gasteiger partial charge in [0.2, 0.25) is 5.79 Å². The highest BCUT2D eigenvalue weighted by Gasteiger charge is 2.64. The SMILES string of the molecule is COc1cc(/C=C/C(=O)OC[C@@]2(O[C@H]3O[C@H](COC(C)=O)[C@@H](OC(=O)/C=C\c4ccc(O)cc4)[C@H](O[C@@H]4O[C@H](COC(C)=O)[C@@H](O)[C@H](O[C@@H]5O[C@H](CO)[C@@H](O)[C@H](O)[C@H]5O)[C@H]4O)[C@H]3O[C@@H]3O[C@H](CO)[C@@H](O)[C@H](O)[C@H]3O)O[C@H](CO)[C@@H](O)[C@@H]2OC(=O)c2ccccc2)ccc1O. The van der Waals surface area contributed by atoms with E-state index in [2.05, 4.69) is 0 Å². The lowest BCUT2D eigenvalue weighted by Crippen LogP contribution is -2.69. The number of aliphatic hydroxyl groups is 12. The van der Waals surface area contributed by atoms with Gasteiger partial charge in [-0.25, -0.2) is 14.4 Å². The molecule has 0 amide bonds. The molecule has 0 bridgehead atoms. The molecule has 34 heteroatoms. The number of rotatable bonds is 25. The van der Waals surface area contributed by atoms with Gasteiger partial charge in [0.1, 0.15) is 129 Å². The second-order valence-electron chi connectivity index (χ2n) is 22.0. The molecule has 518 valence electrons. The van der Waals surface area contributed by atoms with Crippen molar-refractivity contribution in [1.29, 1.82) is 0 Å². The Hall–Kier alpha value is -6.95. The number of phenols is 2. The van der Waals surface area contributed by atoms with Gasteiger partial charge >= 0.3 is 29.8 Å². The van der Waals surface area contributed by atoms with Crippen molar-refractivity contribution < 1.29 is 167 Å². The number of esters is 5. The number of carbonyl (C=O) groups is 5. The summed E-state index contributed by atoms with van der Waals surface area (Å²) in [6.07, 6.45) is -45.8. The molecular weight excluding hydrogens is 1260 g/mol. The fourth-order valence-corrected chi connectivity index (χ4v) is 10.5. The van der Waals surface area contributed by atoms with Crippen LogP contribution in [0.1, 0.15) is 35.3 Å². The summed E-state index contributed by atoms with van der Waals surface area (Å²) in [7, 11) is 1.27. The summed E-state index contributed by atoms with van der Waals surface area (Å²) in [6.45, 7) is -4.51. The van der Waals surface area contributed by atoms with Crippen molar-refractivity contribution in [1.82, 2.24) is 0 Å². The number of aromatic hydroxyl groups is 2. The van der Waals surface area contributed by atoms with E-state index < -0.39 is 216 Å². The maximum absolute atomic E-state index is 14.3. The summed E-state index contributed by atoms with van der Waals surface area (Å²) in [6, 6.07) is 16.3. The van der Waals surface area contributed by atoms with E-state index in [0.29, 0.717) is 5.56 Å². The van der Waals surface area contributed by atoms with Crippen molar-refractivity contribution in [3.05, 3.63) is 102 Å². The molecular formula is C60H74O34. The third kappa shape index (κ3) is 17.4. The topological polar surface area (TPSA) is 507 Å². The highest BCUT2D eigenvalue weighted by Crippen LogP contribution is 2.43. The van der Waals surface area contributed by atoms with E-state index in [1.54, 1.807) is 6.07 Å². The van der Waals surface area contributed by atoms with Gasteiger partial charge in [0.25, 0.3) is 0 Å². The summed E-state index contributed by atoms with van der Waals surface area (Å²) in [5, 5.41) is 154. The van der Waals surface area contributed by atoms with Gasteiger partial charge in [-0.2, -0.15) is 0 Å². The van der Waals surface area contributed by atoms with Crippen molar-refractivity contribution in [2.45, 2.75) is 161 Å². The molecule has 3 aromatic rings. The first-order valence-corrected chi connectivity index (χ1v) is 29.1. The number of aliphatic hydroxyl groups excluding tert-OH is 12. The van der Waals surface area contributed by atoms with E-state index in [-0.39, 0.29) is 28.4 Å². The average molecular weight is 1340 g/mol. The van der Waals surface area contributed by atoms with E-state index in [4.69, 9.17) is 71.1 Å². The molecule has 0 spiro atoms. The molecule has 0 aromatic heterocycles. The molecule has 3 aromatic carbocycles. The molecule has 34 nitrogen and oxygen atoms in total. The number of benzene rings is 3. The number of hydrogen-bond acceptors (Lipinski definition) is 34. The van der Waals surface area contributed by atoms with Crippen LogP contribution in [0, 0.1) is 0 Å². The second-order valence-corrected chi connectivity index (χ2v) is 22.0. The van der Waals surface area contributed by atoms with Crippen LogP contribution >= 0.6 is 0 Å². The Balaban J connectivity index is 1.30. The quantitative estimate of drug-likeness (QED) is 0.0215. The molecule has 14 N–H and O–H groups in total. The first-order valence-electron chi connectivity index (χ1n) is 29.1. The molecule has 5 saturated heterocycles. The van der Waals surface area contributed by atoms with Crippen LogP contribution in [0.25, 0.3) is 12.2 Å². The zero-order valence-electron chi connectivity index (χ0n) is 50.2. The van der Waals surface area contributed by atoms with E-state index in [0.717, 1.165) is 26.0 Å².